The lowest BCUT2D eigenvalue weighted by Crippen LogP contribution is -2.48. The highest BCUT2D eigenvalue weighted by Crippen LogP contribution is 2.34. The van der Waals surface area contributed by atoms with Crippen molar-refractivity contribution in [2.24, 2.45) is 17.3 Å². The summed E-state index contributed by atoms with van der Waals surface area (Å²) in [6.45, 7) is 7.92. The molecule has 272 valence electrons. The molecule has 3 heterocycles. The monoisotopic (exact) mass is 702 g/mol. The number of aromatic nitrogens is 1. The highest BCUT2D eigenvalue weighted by atomic mass is 16.5. The molecule has 3 aromatic carbocycles. The number of anilines is 2. The second-order valence-electron chi connectivity index (χ2n) is 13.9. The van der Waals surface area contributed by atoms with E-state index in [-0.39, 0.29) is 11.7 Å². The molecule has 6 rings (SSSR count). The van der Waals surface area contributed by atoms with Gasteiger partial charge in [0.25, 0.3) is 5.91 Å². The van der Waals surface area contributed by atoms with Gasteiger partial charge in [-0.3, -0.25) is 19.5 Å². The van der Waals surface area contributed by atoms with Crippen LogP contribution in [0.15, 0.2) is 97.3 Å². The molecule has 0 spiro atoms. The Morgan fingerprint density at radius 1 is 0.904 bits per heavy atom. The van der Waals surface area contributed by atoms with E-state index in [9.17, 15) is 9.59 Å². The zero-order valence-corrected chi connectivity index (χ0v) is 30.0. The summed E-state index contributed by atoms with van der Waals surface area (Å²) in [4.78, 5) is 36.8. The number of piperidine rings is 1. The van der Waals surface area contributed by atoms with Crippen molar-refractivity contribution in [3.8, 4) is 11.3 Å². The molecule has 0 radical (unpaired) electrons. The summed E-state index contributed by atoms with van der Waals surface area (Å²) in [7, 11) is 0. The summed E-state index contributed by atoms with van der Waals surface area (Å²) in [5, 5.41) is 4.66. The molecule has 2 fully saturated rings. The van der Waals surface area contributed by atoms with E-state index in [4.69, 9.17) is 27.0 Å². The second kappa shape index (κ2) is 17.0. The lowest BCUT2D eigenvalue weighted by Gasteiger charge is -2.30. The Morgan fingerprint density at radius 2 is 1.65 bits per heavy atom. The number of nitrogens with two attached hydrogens (primary N) is 3. The summed E-state index contributed by atoms with van der Waals surface area (Å²) >= 11 is 0. The van der Waals surface area contributed by atoms with Crippen molar-refractivity contribution in [1.29, 1.82) is 0 Å². The predicted molar refractivity (Wildman–Crippen MR) is 207 cm³/mol. The molecule has 1 aromatic heterocycles. The van der Waals surface area contributed by atoms with Gasteiger partial charge in [-0.15, -0.1) is 0 Å². The van der Waals surface area contributed by atoms with Crippen LogP contribution >= 0.6 is 0 Å². The molecule has 2 saturated heterocycles. The number of pyridine rings is 1. The summed E-state index contributed by atoms with van der Waals surface area (Å²) in [5.41, 5.74) is 18.2. The number of carbonyl (C=O) groups excluding carboxylic acids is 2. The minimum absolute atomic E-state index is 0.201. The first kappa shape index (κ1) is 36.7. The molecule has 0 aliphatic carbocycles. The number of ether oxygens (including phenoxy) is 1. The number of carbonyl (C=O) groups is 2. The minimum Gasteiger partial charge on any atom is -0.397 e. The summed E-state index contributed by atoms with van der Waals surface area (Å²) < 4.78 is 5.44. The van der Waals surface area contributed by atoms with Crippen molar-refractivity contribution in [3.63, 3.8) is 0 Å². The quantitative estimate of drug-likeness (QED) is 0.0825. The molecule has 2 aliphatic rings. The molecule has 11 nitrogen and oxygen atoms in total. The van der Waals surface area contributed by atoms with Gasteiger partial charge in [0.1, 0.15) is 0 Å². The van der Waals surface area contributed by atoms with E-state index in [1.807, 2.05) is 54.6 Å². The Balaban J connectivity index is 1.24. The van der Waals surface area contributed by atoms with Crippen LogP contribution in [0.4, 0.5) is 11.4 Å². The molecule has 1 unspecified atom stereocenters. The molecular formula is C41H50N8O3. The maximum Gasteiger partial charge on any atom is 0.255 e. The lowest BCUT2D eigenvalue weighted by atomic mass is 9.88. The normalized spacial score (nSPS) is 16.6. The number of nitrogens with zero attached hydrogens (tertiary/aromatic N) is 4. The molecular weight excluding hydrogens is 653 g/mol. The van der Waals surface area contributed by atoms with Gasteiger partial charge >= 0.3 is 0 Å². The third kappa shape index (κ3) is 9.42. The van der Waals surface area contributed by atoms with Gasteiger partial charge in [0.15, 0.2) is 5.78 Å². The standard InChI is InChI=1S/C41H50N8O3/c1-41(43,16-20-47-21-23-52-24-22-47)39(50)32-11-8-12-33(25-32)40(51)46-37-14-13-34(48-18-6-3-7-19-48)27-35(37)38-26-31(15-17-45-38)36(42)29-49(44)28-30-9-4-2-5-10-30/h2,4-5,8-15,17,25-27,29H,3,6-7,16,18-24,28,42-44H2,1H3,(H,46,51)/b36-29-. The van der Waals surface area contributed by atoms with Crippen LogP contribution in [0.25, 0.3) is 17.0 Å². The fourth-order valence-corrected chi connectivity index (χ4v) is 6.71. The first-order valence-electron chi connectivity index (χ1n) is 18.1. The van der Waals surface area contributed by atoms with Crippen LogP contribution < -0.4 is 27.5 Å². The van der Waals surface area contributed by atoms with Crippen LogP contribution in [0.2, 0.25) is 0 Å². The van der Waals surface area contributed by atoms with Crippen LogP contribution in [0.1, 0.15) is 64.4 Å². The number of hydrogen-bond donors (Lipinski definition) is 4. The number of Topliss-reactive ketones (excluding diaryl/α,β-unsaturated/α-hetero) is 1. The van der Waals surface area contributed by atoms with Crippen molar-refractivity contribution in [2.45, 2.75) is 44.7 Å². The summed E-state index contributed by atoms with van der Waals surface area (Å²) in [6, 6.07) is 26.5. The second-order valence-corrected chi connectivity index (χ2v) is 13.9. The molecule has 0 saturated carbocycles. The van der Waals surface area contributed by atoms with Gasteiger partial charge in [-0.1, -0.05) is 42.5 Å². The highest BCUT2D eigenvalue weighted by Gasteiger charge is 2.30. The van der Waals surface area contributed by atoms with Crippen LogP contribution in [0, 0.1) is 0 Å². The van der Waals surface area contributed by atoms with E-state index < -0.39 is 5.54 Å². The van der Waals surface area contributed by atoms with Crippen LogP contribution in [-0.2, 0) is 11.3 Å². The first-order valence-corrected chi connectivity index (χ1v) is 18.1. The molecule has 2 aliphatic heterocycles. The Bertz CT molecular complexity index is 1870. The zero-order chi connectivity index (χ0) is 36.5. The smallest absolute Gasteiger partial charge is 0.255 e. The molecule has 0 bridgehead atoms. The Labute approximate surface area is 306 Å². The number of hydrazine groups is 1. The number of benzene rings is 3. The van der Waals surface area contributed by atoms with Gasteiger partial charge < -0.3 is 31.4 Å². The van der Waals surface area contributed by atoms with E-state index in [1.165, 1.54) is 6.42 Å². The van der Waals surface area contributed by atoms with Crippen molar-refractivity contribution < 1.29 is 14.3 Å². The van der Waals surface area contributed by atoms with Gasteiger partial charge in [0.2, 0.25) is 0 Å². The summed E-state index contributed by atoms with van der Waals surface area (Å²) in [5.74, 6) is 5.76. The number of nitrogens with one attached hydrogen (secondary N) is 1. The average molecular weight is 703 g/mol. The third-order valence-electron chi connectivity index (χ3n) is 9.81. The van der Waals surface area contributed by atoms with Crippen molar-refractivity contribution in [1.82, 2.24) is 14.9 Å². The molecule has 1 atom stereocenters. The first-order chi connectivity index (χ1) is 25.2. The van der Waals surface area contributed by atoms with Gasteiger partial charge in [0, 0.05) is 73.1 Å². The fraction of sp³-hybridized carbons (Fsp3) is 0.341. The Hall–Kier alpha value is -5.07. The third-order valence-corrected chi connectivity index (χ3v) is 9.81. The molecule has 52 heavy (non-hydrogen) atoms. The maximum atomic E-state index is 13.8. The minimum atomic E-state index is -1.08. The largest absolute Gasteiger partial charge is 0.397 e. The van der Waals surface area contributed by atoms with E-state index in [1.54, 1.807) is 48.6 Å². The van der Waals surface area contributed by atoms with E-state index in [0.717, 1.165) is 61.4 Å². The van der Waals surface area contributed by atoms with Crippen molar-refractivity contribution in [3.05, 3.63) is 120 Å². The average Bonchev–Trinajstić information content (AvgIpc) is 3.18. The molecule has 11 heteroatoms. The van der Waals surface area contributed by atoms with E-state index >= 15 is 0 Å². The molecule has 4 aromatic rings. The highest BCUT2D eigenvalue weighted by molar-refractivity contribution is 6.09. The number of amides is 1. The van der Waals surface area contributed by atoms with E-state index in [0.29, 0.717) is 60.9 Å². The lowest BCUT2D eigenvalue weighted by molar-refractivity contribution is 0.0347. The summed E-state index contributed by atoms with van der Waals surface area (Å²) in [6.07, 6.45) is 7.39. The van der Waals surface area contributed by atoms with Gasteiger partial charge in [0.05, 0.1) is 42.4 Å². The van der Waals surface area contributed by atoms with Crippen molar-refractivity contribution >= 4 is 28.8 Å². The molecule has 1 amide bonds. The van der Waals surface area contributed by atoms with Crippen LogP contribution in [0.5, 0.6) is 0 Å². The SMILES string of the molecule is CC(N)(CCN1CCOCC1)C(=O)c1cccc(C(=O)Nc2ccc(N3CCCCC3)cc2-c2cc(/C(N)=C/N(N)Cc3ccccc3)ccn2)c1. The number of hydrogen-bond acceptors (Lipinski definition) is 10. The fourth-order valence-electron chi connectivity index (χ4n) is 6.71. The predicted octanol–water partition coefficient (Wildman–Crippen LogP) is 5.25. The zero-order valence-electron chi connectivity index (χ0n) is 30.0. The molecule has 7 N–H and O–H groups in total. The van der Waals surface area contributed by atoms with Gasteiger partial charge in [-0.05, 0) is 80.6 Å². The Kier molecular flexibility index (Phi) is 12.0. The van der Waals surface area contributed by atoms with Crippen molar-refractivity contribution in [2.75, 3.05) is 56.2 Å². The number of rotatable bonds is 13. The van der Waals surface area contributed by atoms with Crippen LogP contribution in [-0.4, -0.2) is 78.1 Å². The number of morpholine rings is 1. The van der Waals surface area contributed by atoms with E-state index in [2.05, 4.69) is 21.2 Å². The topological polar surface area (TPSA) is 156 Å². The van der Waals surface area contributed by atoms with Crippen LogP contribution in [0.3, 0.4) is 0 Å². The van der Waals surface area contributed by atoms with Gasteiger partial charge in [-0.2, -0.15) is 0 Å². The van der Waals surface area contributed by atoms with Gasteiger partial charge in [-0.25, -0.2) is 5.84 Å². The Morgan fingerprint density at radius 3 is 2.42 bits per heavy atom. The number of ketones is 1. The maximum absolute atomic E-state index is 13.8.